The van der Waals surface area contributed by atoms with Crippen LogP contribution in [0, 0.1) is 5.92 Å². The number of fused-ring (bicyclic) bond motifs is 1. The van der Waals surface area contributed by atoms with Gasteiger partial charge in [-0.05, 0) is 49.2 Å². The van der Waals surface area contributed by atoms with Gasteiger partial charge in [0.2, 0.25) is 0 Å². The summed E-state index contributed by atoms with van der Waals surface area (Å²) >= 11 is 1.56. The molecule has 0 saturated carbocycles. The summed E-state index contributed by atoms with van der Waals surface area (Å²) in [7, 11) is 1.65. The zero-order valence-corrected chi connectivity index (χ0v) is 15.2. The highest BCUT2D eigenvalue weighted by Gasteiger charge is 2.26. The molecular weight excluding hydrogens is 350 g/mol. The van der Waals surface area contributed by atoms with E-state index in [1.807, 2.05) is 36.4 Å². The zero-order chi connectivity index (χ0) is 18.1. The summed E-state index contributed by atoms with van der Waals surface area (Å²) in [4.78, 5) is 23.6. The average molecular weight is 369 g/mol. The molecule has 0 unspecified atom stereocenters. The molecule has 0 atom stereocenters. The first-order valence-electron chi connectivity index (χ1n) is 8.54. The topological polar surface area (TPSA) is 75.5 Å². The Morgan fingerprint density at radius 3 is 2.54 bits per heavy atom. The van der Waals surface area contributed by atoms with Gasteiger partial charge in [-0.3, -0.25) is 4.79 Å². The fraction of sp³-hybridized carbons (Fsp3) is 0.316. The number of hydrogen-bond acceptors (Lipinski definition) is 6. The predicted molar refractivity (Wildman–Crippen MR) is 102 cm³/mol. The standard InChI is InChI=1S/C19H19N3O3S/c1-25-14-4-2-12(3-5-14)15-6-7-16-17(20-15)26-19(21-16)22-10-8-13(9-11-22)18(23)24/h2-7,13H,8-11H2,1H3,(H,23,24). The molecular formula is C19H19N3O3S. The number of aliphatic carboxylic acids is 1. The number of thiazole rings is 1. The Bertz CT molecular complexity index is 931. The zero-order valence-electron chi connectivity index (χ0n) is 14.4. The second kappa shape index (κ2) is 6.92. The van der Waals surface area contributed by atoms with Crippen molar-refractivity contribution in [3.63, 3.8) is 0 Å². The number of piperidine rings is 1. The SMILES string of the molecule is COc1ccc(-c2ccc3nc(N4CCC(C(=O)O)CC4)sc3n2)cc1. The van der Waals surface area contributed by atoms with Gasteiger partial charge >= 0.3 is 5.97 Å². The van der Waals surface area contributed by atoms with Crippen molar-refractivity contribution in [2.24, 2.45) is 5.92 Å². The van der Waals surface area contributed by atoms with Crippen molar-refractivity contribution in [2.75, 3.05) is 25.1 Å². The van der Waals surface area contributed by atoms with Gasteiger partial charge in [0.05, 0.1) is 18.7 Å². The molecule has 3 aromatic rings. The number of aromatic nitrogens is 2. The second-order valence-corrected chi connectivity index (χ2v) is 7.30. The molecule has 134 valence electrons. The molecule has 1 saturated heterocycles. The lowest BCUT2D eigenvalue weighted by atomic mass is 9.98. The maximum Gasteiger partial charge on any atom is 0.306 e. The number of carboxylic acid groups (broad SMARTS) is 1. The van der Waals surface area contributed by atoms with E-state index in [0.717, 1.165) is 45.6 Å². The molecule has 0 bridgehead atoms. The van der Waals surface area contributed by atoms with E-state index in [2.05, 4.69) is 9.88 Å². The van der Waals surface area contributed by atoms with Crippen LogP contribution in [-0.2, 0) is 4.79 Å². The first-order valence-corrected chi connectivity index (χ1v) is 9.35. The summed E-state index contributed by atoms with van der Waals surface area (Å²) in [6.45, 7) is 1.45. The van der Waals surface area contributed by atoms with Crippen molar-refractivity contribution >= 4 is 32.8 Å². The van der Waals surface area contributed by atoms with E-state index in [9.17, 15) is 4.79 Å². The molecule has 6 nitrogen and oxygen atoms in total. The minimum absolute atomic E-state index is 0.236. The van der Waals surface area contributed by atoms with Crippen molar-refractivity contribution in [1.82, 2.24) is 9.97 Å². The van der Waals surface area contributed by atoms with Gasteiger partial charge < -0.3 is 14.7 Å². The van der Waals surface area contributed by atoms with Gasteiger partial charge in [-0.15, -0.1) is 0 Å². The van der Waals surface area contributed by atoms with Gasteiger partial charge in [0.1, 0.15) is 16.1 Å². The summed E-state index contributed by atoms with van der Waals surface area (Å²) in [6.07, 6.45) is 1.32. The lowest BCUT2D eigenvalue weighted by molar-refractivity contribution is -0.142. The molecule has 1 fully saturated rings. The number of anilines is 1. The molecule has 0 spiro atoms. The Labute approximate surface area is 155 Å². The number of carboxylic acids is 1. The van der Waals surface area contributed by atoms with Crippen LogP contribution in [0.3, 0.4) is 0 Å². The Morgan fingerprint density at radius 2 is 1.88 bits per heavy atom. The van der Waals surface area contributed by atoms with Crippen LogP contribution in [0.5, 0.6) is 5.75 Å². The van der Waals surface area contributed by atoms with Crippen molar-refractivity contribution in [3.8, 4) is 17.0 Å². The number of pyridine rings is 1. The Hall–Kier alpha value is -2.67. The Morgan fingerprint density at radius 1 is 1.15 bits per heavy atom. The second-order valence-electron chi connectivity index (χ2n) is 6.35. The van der Waals surface area contributed by atoms with E-state index < -0.39 is 5.97 Å². The van der Waals surface area contributed by atoms with Gasteiger partial charge in [-0.25, -0.2) is 9.97 Å². The number of methoxy groups -OCH3 is 1. The van der Waals surface area contributed by atoms with Gasteiger partial charge in [0.15, 0.2) is 5.13 Å². The van der Waals surface area contributed by atoms with Crippen molar-refractivity contribution in [3.05, 3.63) is 36.4 Å². The molecule has 3 heterocycles. The minimum atomic E-state index is -0.695. The largest absolute Gasteiger partial charge is 0.497 e. The Kier molecular flexibility index (Phi) is 4.46. The van der Waals surface area contributed by atoms with Gasteiger partial charge in [-0.1, -0.05) is 11.3 Å². The number of ether oxygens (including phenoxy) is 1. The normalized spacial score (nSPS) is 15.3. The van der Waals surface area contributed by atoms with Gasteiger partial charge in [-0.2, -0.15) is 0 Å². The van der Waals surface area contributed by atoms with Crippen LogP contribution < -0.4 is 9.64 Å². The molecule has 0 aliphatic carbocycles. The van der Waals surface area contributed by atoms with Gasteiger partial charge in [0, 0.05) is 18.7 Å². The van der Waals surface area contributed by atoms with E-state index in [1.54, 1.807) is 18.4 Å². The maximum atomic E-state index is 11.1. The highest BCUT2D eigenvalue weighted by Crippen LogP contribution is 2.32. The molecule has 0 radical (unpaired) electrons. The molecule has 1 N–H and O–H groups in total. The fourth-order valence-corrected chi connectivity index (χ4v) is 4.17. The average Bonchev–Trinajstić information content (AvgIpc) is 3.11. The van der Waals surface area contributed by atoms with Crippen molar-refractivity contribution in [1.29, 1.82) is 0 Å². The third-order valence-electron chi connectivity index (χ3n) is 4.74. The summed E-state index contributed by atoms with van der Waals surface area (Å²) in [5.41, 5.74) is 2.81. The lowest BCUT2D eigenvalue weighted by Gasteiger charge is -2.29. The molecule has 4 rings (SSSR count). The van der Waals surface area contributed by atoms with E-state index in [1.165, 1.54) is 0 Å². The smallest absolute Gasteiger partial charge is 0.306 e. The van der Waals surface area contributed by atoms with E-state index in [-0.39, 0.29) is 5.92 Å². The van der Waals surface area contributed by atoms with E-state index in [4.69, 9.17) is 14.8 Å². The highest BCUT2D eigenvalue weighted by molar-refractivity contribution is 7.21. The maximum absolute atomic E-state index is 11.1. The summed E-state index contributed by atoms with van der Waals surface area (Å²) < 4.78 is 5.20. The fourth-order valence-electron chi connectivity index (χ4n) is 3.18. The number of nitrogens with zero attached hydrogens (tertiary/aromatic N) is 3. The van der Waals surface area contributed by atoms with Crippen molar-refractivity contribution in [2.45, 2.75) is 12.8 Å². The van der Waals surface area contributed by atoms with Crippen molar-refractivity contribution < 1.29 is 14.6 Å². The number of carbonyl (C=O) groups is 1. The van der Waals surface area contributed by atoms with Crippen LogP contribution >= 0.6 is 11.3 Å². The number of hydrogen-bond donors (Lipinski definition) is 1. The number of benzene rings is 1. The van der Waals surface area contributed by atoms with Crippen LogP contribution in [0.1, 0.15) is 12.8 Å². The first kappa shape index (κ1) is 16.8. The van der Waals surface area contributed by atoms with Crippen LogP contribution in [-0.4, -0.2) is 41.2 Å². The number of rotatable bonds is 4. The quantitative estimate of drug-likeness (QED) is 0.756. The molecule has 1 aromatic carbocycles. The third kappa shape index (κ3) is 3.22. The molecule has 2 aromatic heterocycles. The monoisotopic (exact) mass is 369 g/mol. The van der Waals surface area contributed by atoms with E-state index in [0.29, 0.717) is 12.8 Å². The predicted octanol–water partition coefficient (Wildman–Crippen LogP) is 3.67. The van der Waals surface area contributed by atoms with Gasteiger partial charge in [0.25, 0.3) is 0 Å². The Balaban J connectivity index is 1.57. The first-order chi connectivity index (χ1) is 12.6. The van der Waals surface area contributed by atoms with E-state index >= 15 is 0 Å². The molecule has 0 amide bonds. The minimum Gasteiger partial charge on any atom is -0.497 e. The molecule has 1 aliphatic heterocycles. The molecule has 26 heavy (non-hydrogen) atoms. The highest BCUT2D eigenvalue weighted by atomic mass is 32.1. The summed E-state index contributed by atoms with van der Waals surface area (Å²) in [5, 5.41) is 10.1. The molecule has 1 aliphatic rings. The van der Waals surface area contributed by atoms with Crippen LogP contribution in [0.25, 0.3) is 21.6 Å². The lowest BCUT2D eigenvalue weighted by Crippen LogP contribution is -2.36. The molecule has 7 heteroatoms. The van der Waals surface area contributed by atoms with Crippen LogP contribution in [0.2, 0.25) is 0 Å². The third-order valence-corrected chi connectivity index (χ3v) is 5.77. The summed E-state index contributed by atoms with van der Waals surface area (Å²) in [6, 6.07) is 11.8. The van der Waals surface area contributed by atoms with Crippen LogP contribution in [0.4, 0.5) is 5.13 Å². The van der Waals surface area contributed by atoms with Crippen LogP contribution in [0.15, 0.2) is 36.4 Å². The summed E-state index contributed by atoms with van der Waals surface area (Å²) in [5.74, 6) is -0.111.